The van der Waals surface area contributed by atoms with E-state index in [1.807, 2.05) is 49.9 Å². The maximum atomic E-state index is 12.6. The fourth-order valence-corrected chi connectivity index (χ4v) is 4.03. The summed E-state index contributed by atoms with van der Waals surface area (Å²) in [6.45, 7) is 6.45. The molecule has 0 aliphatic carbocycles. The fraction of sp³-hybridized carbons (Fsp3) is 0.611. The van der Waals surface area contributed by atoms with Gasteiger partial charge in [-0.15, -0.1) is 0 Å². The van der Waals surface area contributed by atoms with Crippen LogP contribution in [0.25, 0.3) is 0 Å². The van der Waals surface area contributed by atoms with Gasteiger partial charge < -0.3 is 15.0 Å². The van der Waals surface area contributed by atoms with Gasteiger partial charge in [0.2, 0.25) is 5.91 Å². The van der Waals surface area contributed by atoms with E-state index in [1.54, 1.807) is 0 Å². The number of thioether (sulfide) groups is 1. The van der Waals surface area contributed by atoms with Crippen molar-refractivity contribution in [3.63, 3.8) is 0 Å². The molecule has 1 aliphatic rings. The van der Waals surface area contributed by atoms with Crippen LogP contribution in [0.3, 0.4) is 0 Å². The predicted molar refractivity (Wildman–Crippen MR) is 102 cm³/mol. The highest BCUT2D eigenvalue weighted by Crippen LogP contribution is 2.26. The standard InChI is InChI=1S/C18H29N3O2S/c1-6-23-15-9-7-14(8-10-15)19-18(22)13(2)21-11-16(20(3)4)17(12-21)24-5/h7-10,13,16-17H,6,11-12H2,1-5H3,(H,19,22)/t13-,16+,17+/m0/s1. The number of ether oxygens (including phenoxy) is 1. The number of likely N-dealkylation sites (N-methyl/N-ethyl adjacent to an activating group) is 1. The normalized spacial score (nSPS) is 22.6. The first-order chi connectivity index (χ1) is 11.5. The molecule has 0 radical (unpaired) electrons. The number of likely N-dealkylation sites (tertiary alicyclic amines) is 1. The van der Waals surface area contributed by atoms with Crippen molar-refractivity contribution in [3.8, 4) is 5.75 Å². The molecule has 1 fully saturated rings. The molecule has 0 bridgehead atoms. The molecule has 5 nitrogen and oxygen atoms in total. The number of hydrogen-bond acceptors (Lipinski definition) is 5. The zero-order chi connectivity index (χ0) is 17.7. The molecule has 0 spiro atoms. The monoisotopic (exact) mass is 351 g/mol. The van der Waals surface area contributed by atoms with E-state index in [1.165, 1.54) is 0 Å². The molecule has 0 aromatic heterocycles. The Morgan fingerprint density at radius 1 is 1.38 bits per heavy atom. The Labute approximate surface area is 149 Å². The Morgan fingerprint density at radius 3 is 2.54 bits per heavy atom. The average molecular weight is 352 g/mol. The van der Waals surface area contributed by atoms with E-state index in [2.05, 4.69) is 35.5 Å². The zero-order valence-electron chi connectivity index (χ0n) is 15.3. The first-order valence-electron chi connectivity index (χ1n) is 8.43. The van der Waals surface area contributed by atoms with Gasteiger partial charge in [-0.05, 0) is 58.5 Å². The lowest BCUT2D eigenvalue weighted by Crippen LogP contribution is -2.42. The highest BCUT2D eigenvalue weighted by molar-refractivity contribution is 7.99. The molecule has 1 N–H and O–H groups in total. The number of rotatable bonds is 7. The minimum atomic E-state index is -0.142. The molecule has 1 heterocycles. The maximum absolute atomic E-state index is 12.6. The largest absolute Gasteiger partial charge is 0.494 e. The summed E-state index contributed by atoms with van der Waals surface area (Å²) in [4.78, 5) is 17.1. The highest BCUT2D eigenvalue weighted by Gasteiger charge is 2.37. The first kappa shape index (κ1) is 19.1. The minimum Gasteiger partial charge on any atom is -0.494 e. The van der Waals surface area contributed by atoms with Gasteiger partial charge in [0.1, 0.15) is 5.75 Å². The lowest BCUT2D eigenvalue weighted by Gasteiger charge is -2.25. The van der Waals surface area contributed by atoms with Crippen molar-refractivity contribution in [2.24, 2.45) is 0 Å². The van der Waals surface area contributed by atoms with Gasteiger partial charge in [-0.3, -0.25) is 9.69 Å². The van der Waals surface area contributed by atoms with Gasteiger partial charge >= 0.3 is 0 Å². The molecule has 1 amide bonds. The molecule has 3 atom stereocenters. The van der Waals surface area contributed by atoms with Crippen LogP contribution in [0.15, 0.2) is 24.3 Å². The van der Waals surface area contributed by atoms with Crippen molar-refractivity contribution in [1.82, 2.24) is 9.80 Å². The number of nitrogens with one attached hydrogen (secondary N) is 1. The Bertz CT molecular complexity index is 536. The third-order valence-electron chi connectivity index (χ3n) is 4.59. The molecular formula is C18H29N3O2S. The molecule has 2 rings (SSSR count). The van der Waals surface area contributed by atoms with E-state index in [0.717, 1.165) is 24.5 Å². The molecule has 1 aliphatic heterocycles. The van der Waals surface area contributed by atoms with Crippen LogP contribution >= 0.6 is 11.8 Å². The smallest absolute Gasteiger partial charge is 0.241 e. The second-order valence-corrected chi connectivity index (χ2v) is 7.46. The topological polar surface area (TPSA) is 44.8 Å². The van der Waals surface area contributed by atoms with E-state index >= 15 is 0 Å². The molecule has 1 aromatic carbocycles. The van der Waals surface area contributed by atoms with Crippen LogP contribution in [0.4, 0.5) is 5.69 Å². The van der Waals surface area contributed by atoms with Crippen LogP contribution in [0.5, 0.6) is 5.75 Å². The van der Waals surface area contributed by atoms with E-state index < -0.39 is 0 Å². The van der Waals surface area contributed by atoms with Gasteiger partial charge in [0.15, 0.2) is 0 Å². The van der Waals surface area contributed by atoms with Crippen molar-refractivity contribution in [3.05, 3.63) is 24.3 Å². The Balaban J connectivity index is 1.94. The number of nitrogens with zero attached hydrogens (tertiary/aromatic N) is 2. The van der Waals surface area contributed by atoms with E-state index in [-0.39, 0.29) is 11.9 Å². The number of amides is 1. The van der Waals surface area contributed by atoms with E-state index in [9.17, 15) is 4.79 Å². The number of hydrogen-bond donors (Lipinski definition) is 1. The lowest BCUT2D eigenvalue weighted by atomic mass is 10.2. The average Bonchev–Trinajstić information content (AvgIpc) is 3.00. The molecule has 24 heavy (non-hydrogen) atoms. The quantitative estimate of drug-likeness (QED) is 0.817. The van der Waals surface area contributed by atoms with E-state index in [0.29, 0.717) is 17.9 Å². The number of carbonyl (C=O) groups excluding carboxylic acids is 1. The van der Waals surface area contributed by atoms with Crippen LogP contribution in [0.2, 0.25) is 0 Å². The molecule has 1 aromatic rings. The molecular weight excluding hydrogens is 322 g/mol. The summed E-state index contributed by atoms with van der Waals surface area (Å²) in [6, 6.07) is 7.87. The molecule has 0 unspecified atom stereocenters. The summed E-state index contributed by atoms with van der Waals surface area (Å²) >= 11 is 1.88. The summed E-state index contributed by atoms with van der Waals surface area (Å²) in [6.07, 6.45) is 2.15. The summed E-state index contributed by atoms with van der Waals surface area (Å²) in [5, 5.41) is 3.55. The van der Waals surface area contributed by atoms with Crippen molar-refractivity contribution in [2.45, 2.75) is 31.2 Å². The lowest BCUT2D eigenvalue weighted by molar-refractivity contribution is -0.120. The number of anilines is 1. The van der Waals surface area contributed by atoms with Crippen molar-refractivity contribution >= 4 is 23.4 Å². The van der Waals surface area contributed by atoms with Crippen molar-refractivity contribution in [1.29, 1.82) is 0 Å². The first-order valence-corrected chi connectivity index (χ1v) is 9.72. The van der Waals surface area contributed by atoms with Crippen LogP contribution < -0.4 is 10.1 Å². The van der Waals surface area contributed by atoms with Gasteiger partial charge in [-0.25, -0.2) is 0 Å². The summed E-state index contributed by atoms with van der Waals surface area (Å²) < 4.78 is 5.42. The molecule has 1 saturated heterocycles. The second-order valence-electron chi connectivity index (χ2n) is 6.38. The van der Waals surface area contributed by atoms with Crippen LogP contribution in [0.1, 0.15) is 13.8 Å². The zero-order valence-corrected chi connectivity index (χ0v) is 16.1. The minimum absolute atomic E-state index is 0.0402. The van der Waals surface area contributed by atoms with Gasteiger partial charge in [0.05, 0.1) is 12.6 Å². The van der Waals surface area contributed by atoms with Crippen LogP contribution in [0, 0.1) is 0 Å². The molecule has 6 heteroatoms. The highest BCUT2D eigenvalue weighted by atomic mass is 32.2. The SMILES string of the molecule is CCOc1ccc(NC(=O)[C@H](C)N2C[C@@H](N(C)C)[C@H](SC)C2)cc1. The van der Waals surface area contributed by atoms with Gasteiger partial charge in [-0.1, -0.05) is 0 Å². The summed E-state index contributed by atoms with van der Waals surface area (Å²) in [7, 11) is 4.23. The third kappa shape index (κ3) is 4.65. The third-order valence-corrected chi connectivity index (χ3v) is 5.66. The second kappa shape index (κ2) is 8.74. The maximum Gasteiger partial charge on any atom is 0.241 e. The van der Waals surface area contributed by atoms with Crippen LogP contribution in [-0.2, 0) is 4.79 Å². The van der Waals surface area contributed by atoms with Crippen LogP contribution in [-0.4, -0.2) is 73.1 Å². The predicted octanol–water partition coefficient (Wildman–Crippen LogP) is 2.39. The van der Waals surface area contributed by atoms with Crippen molar-refractivity contribution < 1.29 is 9.53 Å². The Morgan fingerprint density at radius 2 is 2.04 bits per heavy atom. The van der Waals surface area contributed by atoms with Gasteiger partial charge in [0.25, 0.3) is 0 Å². The number of benzene rings is 1. The summed E-state index contributed by atoms with van der Waals surface area (Å²) in [5.74, 6) is 0.859. The molecule has 0 saturated carbocycles. The Kier molecular flexibility index (Phi) is 6.95. The van der Waals surface area contributed by atoms with Crippen molar-refractivity contribution in [2.75, 3.05) is 45.4 Å². The molecule has 134 valence electrons. The number of carbonyl (C=O) groups is 1. The van der Waals surface area contributed by atoms with E-state index in [4.69, 9.17) is 4.74 Å². The van der Waals surface area contributed by atoms with Gasteiger partial charge in [0, 0.05) is 30.1 Å². The summed E-state index contributed by atoms with van der Waals surface area (Å²) in [5.41, 5.74) is 0.806. The Hall–Kier alpha value is -1.24. The van der Waals surface area contributed by atoms with Gasteiger partial charge in [-0.2, -0.15) is 11.8 Å². The fourth-order valence-electron chi connectivity index (χ4n) is 3.04.